The van der Waals surface area contributed by atoms with Crippen LogP contribution in [0.2, 0.25) is 0 Å². The summed E-state index contributed by atoms with van der Waals surface area (Å²) >= 11 is 0. The van der Waals surface area contributed by atoms with Crippen molar-refractivity contribution in [1.29, 1.82) is 0 Å². The Morgan fingerprint density at radius 3 is 2.11 bits per heavy atom. The van der Waals surface area contributed by atoms with Crippen LogP contribution in [0.15, 0.2) is 12.1 Å². The zero-order valence-electron chi connectivity index (χ0n) is 9.94. The number of methoxy groups -OCH3 is 1. The number of rotatable bonds is 3. The lowest BCUT2D eigenvalue weighted by molar-refractivity contribution is -0.138. The number of alkyl halides is 3. The lowest BCUT2D eigenvalue weighted by Crippen LogP contribution is -2.33. The van der Waals surface area contributed by atoms with Crippen LogP contribution in [0, 0.1) is 11.6 Å². The fraction of sp³-hybridized carbons (Fsp3) is 0.364. The second-order valence-corrected chi connectivity index (χ2v) is 3.71. The monoisotopic (exact) mass is 283 g/mol. The number of esters is 1. The van der Waals surface area contributed by atoms with Gasteiger partial charge in [-0.15, -0.1) is 0 Å². The molecule has 0 aliphatic carbocycles. The molecule has 1 aromatic rings. The zero-order chi connectivity index (χ0) is 14.8. The van der Waals surface area contributed by atoms with E-state index in [-0.39, 0.29) is 0 Å². The van der Waals surface area contributed by atoms with Crippen LogP contribution in [0.4, 0.5) is 27.6 Å². The van der Waals surface area contributed by atoms with Crippen molar-refractivity contribution in [2.45, 2.75) is 19.1 Å². The molecule has 8 heteroatoms. The van der Waals surface area contributed by atoms with Crippen LogP contribution in [-0.2, 0) is 4.74 Å². The molecule has 1 aromatic carbocycles. The minimum Gasteiger partial charge on any atom is -0.465 e. The fourth-order valence-corrected chi connectivity index (χ4v) is 1.29. The Hall–Kier alpha value is -1.86. The van der Waals surface area contributed by atoms with Gasteiger partial charge in [-0.2, -0.15) is 13.2 Å². The summed E-state index contributed by atoms with van der Waals surface area (Å²) in [6.07, 6.45) is -4.56. The molecule has 0 amide bonds. The average Bonchev–Trinajstić information content (AvgIpc) is 2.26. The summed E-state index contributed by atoms with van der Waals surface area (Å²) in [5.41, 5.74) is -1.37. The number of hydrogen-bond acceptors (Lipinski definition) is 3. The average molecular weight is 283 g/mol. The van der Waals surface area contributed by atoms with Gasteiger partial charge >= 0.3 is 12.1 Å². The first-order valence-corrected chi connectivity index (χ1v) is 5.07. The van der Waals surface area contributed by atoms with Gasteiger partial charge in [-0.1, -0.05) is 0 Å². The zero-order valence-corrected chi connectivity index (χ0v) is 9.94. The van der Waals surface area contributed by atoms with Gasteiger partial charge in [-0.25, -0.2) is 13.6 Å². The summed E-state index contributed by atoms with van der Waals surface area (Å²) in [7, 11) is 0.930. The van der Waals surface area contributed by atoms with Gasteiger partial charge in [0.05, 0.1) is 7.11 Å². The van der Waals surface area contributed by atoms with Crippen molar-refractivity contribution in [1.82, 2.24) is 0 Å². The highest BCUT2D eigenvalue weighted by Gasteiger charge is 2.36. The predicted octanol–water partition coefficient (Wildman–Crippen LogP) is 3.11. The third kappa shape index (κ3) is 3.55. The molecule has 0 radical (unpaired) electrons. The van der Waals surface area contributed by atoms with Crippen molar-refractivity contribution in [3.05, 3.63) is 29.3 Å². The lowest BCUT2D eigenvalue weighted by Gasteiger charge is -2.18. The van der Waals surface area contributed by atoms with Crippen molar-refractivity contribution < 1.29 is 31.5 Å². The first-order valence-electron chi connectivity index (χ1n) is 5.07. The summed E-state index contributed by atoms with van der Waals surface area (Å²) in [6, 6.07) is -0.801. The molecule has 0 aliphatic heterocycles. The van der Waals surface area contributed by atoms with Gasteiger partial charge in [0, 0.05) is 5.69 Å². The number of anilines is 1. The molecule has 3 nitrogen and oxygen atoms in total. The Kier molecular flexibility index (Phi) is 4.33. The molecule has 0 bridgehead atoms. The number of halogens is 5. The van der Waals surface area contributed by atoms with Crippen molar-refractivity contribution in [3.8, 4) is 0 Å². The Morgan fingerprint density at radius 1 is 1.26 bits per heavy atom. The van der Waals surface area contributed by atoms with Crippen LogP contribution >= 0.6 is 0 Å². The summed E-state index contributed by atoms with van der Waals surface area (Å²) in [4.78, 5) is 11.0. The number of benzene rings is 1. The maximum absolute atomic E-state index is 13.4. The molecule has 19 heavy (non-hydrogen) atoms. The number of nitrogens with one attached hydrogen (secondary N) is 1. The first kappa shape index (κ1) is 15.2. The van der Waals surface area contributed by atoms with E-state index in [0.717, 1.165) is 14.0 Å². The van der Waals surface area contributed by atoms with Crippen molar-refractivity contribution in [3.63, 3.8) is 0 Å². The molecule has 0 heterocycles. The molecule has 0 saturated carbocycles. The van der Waals surface area contributed by atoms with E-state index >= 15 is 0 Å². The number of carbonyl (C=O) groups is 1. The molecular formula is C11H10F5NO2. The third-order valence-corrected chi connectivity index (χ3v) is 2.31. The quantitative estimate of drug-likeness (QED) is 0.684. The molecule has 0 spiro atoms. The Bertz CT molecular complexity index is 463. The van der Waals surface area contributed by atoms with E-state index < -0.39 is 41.1 Å². The molecule has 0 aliphatic rings. The van der Waals surface area contributed by atoms with E-state index in [1.54, 1.807) is 0 Å². The minimum absolute atomic E-state index is 0.424. The summed E-state index contributed by atoms with van der Waals surface area (Å²) in [5.74, 6) is -3.85. The topological polar surface area (TPSA) is 38.3 Å². The van der Waals surface area contributed by atoms with E-state index in [4.69, 9.17) is 0 Å². The molecule has 1 atom stereocenters. The van der Waals surface area contributed by atoms with Gasteiger partial charge < -0.3 is 10.1 Å². The molecule has 0 saturated heterocycles. The van der Waals surface area contributed by atoms with Gasteiger partial charge in [-0.05, 0) is 19.1 Å². The molecule has 0 fully saturated rings. The van der Waals surface area contributed by atoms with Crippen molar-refractivity contribution in [2.24, 2.45) is 0 Å². The number of ether oxygens (including phenoxy) is 1. The smallest absolute Gasteiger partial charge is 0.408 e. The third-order valence-electron chi connectivity index (χ3n) is 2.31. The standard InChI is InChI=1S/C11H10F5NO2/c1-5(11(14,15)16)17-6-3-7(12)9(8(13)4-6)10(18)19-2/h3-5,17H,1-2H3/t5-/m1/s1. The lowest BCUT2D eigenvalue weighted by atomic mass is 10.1. The van der Waals surface area contributed by atoms with Gasteiger partial charge in [0.2, 0.25) is 0 Å². The van der Waals surface area contributed by atoms with Gasteiger partial charge in [-0.3, -0.25) is 0 Å². The predicted molar refractivity (Wildman–Crippen MR) is 56.8 cm³/mol. The van der Waals surface area contributed by atoms with E-state index in [9.17, 15) is 26.7 Å². The van der Waals surface area contributed by atoms with Crippen LogP contribution in [0.1, 0.15) is 17.3 Å². The van der Waals surface area contributed by atoms with Crippen LogP contribution in [0.25, 0.3) is 0 Å². The molecule has 1 rings (SSSR count). The van der Waals surface area contributed by atoms with Gasteiger partial charge in [0.15, 0.2) is 0 Å². The van der Waals surface area contributed by atoms with E-state index in [0.29, 0.717) is 12.1 Å². The molecular weight excluding hydrogens is 273 g/mol. The van der Waals surface area contributed by atoms with E-state index in [1.807, 2.05) is 5.32 Å². The molecule has 0 unspecified atom stereocenters. The van der Waals surface area contributed by atoms with Gasteiger partial charge in [0.25, 0.3) is 0 Å². The van der Waals surface area contributed by atoms with E-state index in [2.05, 4.69) is 4.74 Å². The Morgan fingerprint density at radius 2 is 1.74 bits per heavy atom. The fourth-order valence-electron chi connectivity index (χ4n) is 1.29. The molecule has 0 aromatic heterocycles. The Balaban J connectivity index is 3.05. The largest absolute Gasteiger partial charge is 0.465 e. The van der Waals surface area contributed by atoms with Gasteiger partial charge in [0.1, 0.15) is 23.2 Å². The highest BCUT2D eigenvalue weighted by atomic mass is 19.4. The van der Waals surface area contributed by atoms with Crippen LogP contribution in [0.5, 0.6) is 0 Å². The SMILES string of the molecule is COC(=O)c1c(F)cc(N[C@H](C)C(F)(F)F)cc1F. The number of hydrogen-bond donors (Lipinski definition) is 1. The summed E-state index contributed by atoms with van der Waals surface area (Å²) in [5, 5.41) is 1.89. The maximum Gasteiger partial charge on any atom is 0.408 e. The minimum atomic E-state index is -4.56. The normalized spacial score (nSPS) is 13.0. The highest BCUT2D eigenvalue weighted by molar-refractivity contribution is 5.90. The Labute approximate surface area is 105 Å². The summed E-state index contributed by atoms with van der Waals surface area (Å²) in [6.45, 7) is 0.796. The maximum atomic E-state index is 13.4. The highest BCUT2D eigenvalue weighted by Crippen LogP contribution is 2.25. The number of carbonyl (C=O) groups excluding carboxylic acids is 1. The first-order chi connectivity index (χ1) is 8.66. The van der Waals surface area contributed by atoms with E-state index in [1.165, 1.54) is 0 Å². The van der Waals surface area contributed by atoms with Crippen molar-refractivity contribution in [2.75, 3.05) is 12.4 Å². The van der Waals surface area contributed by atoms with Crippen LogP contribution < -0.4 is 5.32 Å². The van der Waals surface area contributed by atoms with Crippen LogP contribution in [0.3, 0.4) is 0 Å². The summed E-state index contributed by atoms with van der Waals surface area (Å²) < 4.78 is 67.8. The van der Waals surface area contributed by atoms with Crippen molar-refractivity contribution >= 4 is 11.7 Å². The van der Waals surface area contributed by atoms with Crippen LogP contribution in [-0.4, -0.2) is 25.3 Å². The molecule has 1 N–H and O–H groups in total. The molecule has 106 valence electrons. The second-order valence-electron chi connectivity index (χ2n) is 3.71. The second kappa shape index (κ2) is 5.41.